The van der Waals surface area contributed by atoms with Gasteiger partial charge in [-0.3, -0.25) is 0 Å². The molecule has 2 amide bonds. The van der Waals surface area contributed by atoms with Crippen molar-refractivity contribution in [2.75, 3.05) is 36.4 Å². The highest BCUT2D eigenvalue weighted by molar-refractivity contribution is 5.91. The standard InChI is InChI=1S/C18H24N4O2/c1-12-9-13(2)17(14(3)10-12)19-18(23)22-7-5-21(6-8-22)16-11-15(4)24-20-16/h9-11H,5-8H2,1-4H3,(H,19,23). The lowest BCUT2D eigenvalue weighted by molar-refractivity contribution is 0.208. The van der Waals surface area contributed by atoms with Gasteiger partial charge in [-0.1, -0.05) is 22.9 Å². The zero-order valence-electron chi connectivity index (χ0n) is 14.7. The van der Waals surface area contributed by atoms with Crippen LogP contribution in [-0.4, -0.2) is 42.3 Å². The normalized spacial score (nSPS) is 14.8. The summed E-state index contributed by atoms with van der Waals surface area (Å²) < 4.78 is 5.12. The Morgan fingerprint density at radius 3 is 2.21 bits per heavy atom. The highest BCUT2D eigenvalue weighted by atomic mass is 16.5. The summed E-state index contributed by atoms with van der Waals surface area (Å²) in [6, 6.07) is 6.07. The number of aryl methyl sites for hydroxylation is 4. The number of amides is 2. The number of anilines is 2. The number of rotatable bonds is 2. The van der Waals surface area contributed by atoms with Gasteiger partial charge < -0.3 is 19.6 Å². The fourth-order valence-corrected chi connectivity index (χ4v) is 3.20. The first kappa shape index (κ1) is 16.4. The van der Waals surface area contributed by atoms with Gasteiger partial charge >= 0.3 is 6.03 Å². The van der Waals surface area contributed by atoms with E-state index in [2.05, 4.69) is 34.4 Å². The summed E-state index contributed by atoms with van der Waals surface area (Å²) in [5.41, 5.74) is 4.31. The van der Waals surface area contributed by atoms with E-state index >= 15 is 0 Å². The average molecular weight is 328 g/mol. The Labute approximate surface area is 142 Å². The van der Waals surface area contributed by atoms with Crippen LogP contribution in [0.4, 0.5) is 16.3 Å². The zero-order valence-corrected chi connectivity index (χ0v) is 14.7. The first-order valence-corrected chi connectivity index (χ1v) is 8.26. The lowest BCUT2D eigenvalue weighted by atomic mass is 10.1. The predicted octanol–water partition coefficient (Wildman–Crippen LogP) is 3.26. The quantitative estimate of drug-likeness (QED) is 0.919. The Balaban J connectivity index is 1.61. The van der Waals surface area contributed by atoms with Crippen molar-refractivity contribution in [3.63, 3.8) is 0 Å². The zero-order chi connectivity index (χ0) is 17.3. The summed E-state index contributed by atoms with van der Waals surface area (Å²) in [5, 5.41) is 7.11. The van der Waals surface area contributed by atoms with Crippen LogP contribution in [0, 0.1) is 27.7 Å². The fraction of sp³-hybridized carbons (Fsp3) is 0.444. The van der Waals surface area contributed by atoms with Crippen molar-refractivity contribution in [2.45, 2.75) is 27.7 Å². The molecule has 2 aromatic rings. The van der Waals surface area contributed by atoms with Crippen LogP contribution in [0.25, 0.3) is 0 Å². The summed E-state index contributed by atoms with van der Waals surface area (Å²) in [5.74, 6) is 1.65. The number of nitrogens with zero attached hydrogens (tertiary/aromatic N) is 3. The van der Waals surface area contributed by atoms with Gasteiger partial charge in [0.05, 0.1) is 0 Å². The molecule has 1 aliphatic rings. The minimum atomic E-state index is -0.0407. The topological polar surface area (TPSA) is 61.6 Å². The van der Waals surface area contributed by atoms with Gasteiger partial charge in [-0.25, -0.2) is 4.79 Å². The van der Waals surface area contributed by atoms with E-state index in [4.69, 9.17) is 4.52 Å². The molecule has 1 fully saturated rings. The molecule has 0 spiro atoms. The molecule has 0 unspecified atom stereocenters. The second-order valence-corrected chi connectivity index (χ2v) is 6.47. The van der Waals surface area contributed by atoms with Crippen molar-refractivity contribution in [3.05, 3.63) is 40.6 Å². The van der Waals surface area contributed by atoms with Crippen LogP contribution in [0.15, 0.2) is 22.7 Å². The van der Waals surface area contributed by atoms with Gasteiger partial charge in [0.25, 0.3) is 0 Å². The Bertz CT molecular complexity index is 722. The number of nitrogens with one attached hydrogen (secondary N) is 1. The molecule has 1 aromatic heterocycles. The molecule has 128 valence electrons. The lowest BCUT2D eigenvalue weighted by Crippen LogP contribution is -2.50. The fourth-order valence-electron chi connectivity index (χ4n) is 3.20. The van der Waals surface area contributed by atoms with Gasteiger partial charge in [0, 0.05) is 37.9 Å². The number of piperazine rings is 1. The van der Waals surface area contributed by atoms with Crippen molar-refractivity contribution in [1.29, 1.82) is 0 Å². The van der Waals surface area contributed by atoms with Gasteiger partial charge in [0.1, 0.15) is 5.76 Å². The van der Waals surface area contributed by atoms with E-state index in [9.17, 15) is 4.79 Å². The van der Waals surface area contributed by atoms with E-state index in [0.29, 0.717) is 13.1 Å². The van der Waals surface area contributed by atoms with E-state index in [1.54, 1.807) is 0 Å². The van der Waals surface area contributed by atoms with Crippen molar-refractivity contribution in [3.8, 4) is 0 Å². The van der Waals surface area contributed by atoms with E-state index in [0.717, 1.165) is 41.5 Å². The summed E-state index contributed by atoms with van der Waals surface area (Å²) in [6.07, 6.45) is 0. The Morgan fingerprint density at radius 2 is 1.67 bits per heavy atom. The van der Waals surface area contributed by atoms with E-state index in [-0.39, 0.29) is 6.03 Å². The molecule has 0 bridgehead atoms. The number of carbonyl (C=O) groups is 1. The molecule has 1 N–H and O–H groups in total. The minimum absolute atomic E-state index is 0.0407. The molecule has 0 atom stereocenters. The van der Waals surface area contributed by atoms with Crippen LogP contribution in [0.5, 0.6) is 0 Å². The number of hydrogen-bond acceptors (Lipinski definition) is 4. The van der Waals surface area contributed by atoms with Crippen LogP contribution in [0.1, 0.15) is 22.5 Å². The Hall–Kier alpha value is -2.50. The number of urea groups is 1. The molecule has 6 nitrogen and oxygen atoms in total. The van der Waals surface area contributed by atoms with Crippen molar-refractivity contribution in [2.24, 2.45) is 0 Å². The molecule has 6 heteroatoms. The molecule has 0 radical (unpaired) electrons. The molecule has 3 rings (SSSR count). The van der Waals surface area contributed by atoms with Gasteiger partial charge in [0.15, 0.2) is 5.82 Å². The van der Waals surface area contributed by atoms with Crippen molar-refractivity contribution in [1.82, 2.24) is 10.1 Å². The molecule has 1 aromatic carbocycles. The average Bonchev–Trinajstić information content (AvgIpc) is 2.97. The van der Waals surface area contributed by atoms with Gasteiger partial charge in [-0.05, 0) is 38.8 Å². The Morgan fingerprint density at radius 1 is 1.04 bits per heavy atom. The number of hydrogen-bond donors (Lipinski definition) is 1. The van der Waals surface area contributed by atoms with Crippen LogP contribution in [0.2, 0.25) is 0 Å². The second kappa shape index (κ2) is 6.55. The maximum atomic E-state index is 12.6. The first-order valence-electron chi connectivity index (χ1n) is 8.26. The monoisotopic (exact) mass is 328 g/mol. The lowest BCUT2D eigenvalue weighted by Gasteiger charge is -2.34. The molecule has 2 heterocycles. The number of carbonyl (C=O) groups excluding carboxylic acids is 1. The van der Waals surface area contributed by atoms with Crippen LogP contribution < -0.4 is 10.2 Å². The molecule has 1 saturated heterocycles. The first-order chi connectivity index (χ1) is 11.4. The van der Waals surface area contributed by atoms with Gasteiger partial charge in [-0.2, -0.15) is 0 Å². The summed E-state index contributed by atoms with van der Waals surface area (Å²) in [4.78, 5) is 16.6. The molecule has 0 saturated carbocycles. The van der Waals surface area contributed by atoms with Crippen molar-refractivity contribution >= 4 is 17.5 Å². The maximum Gasteiger partial charge on any atom is 0.321 e. The molecule has 24 heavy (non-hydrogen) atoms. The van der Waals surface area contributed by atoms with Crippen molar-refractivity contribution < 1.29 is 9.32 Å². The third kappa shape index (κ3) is 3.37. The molecular weight excluding hydrogens is 304 g/mol. The third-order valence-electron chi connectivity index (χ3n) is 4.42. The van der Waals surface area contributed by atoms with E-state index in [1.165, 1.54) is 5.56 Å². The summed E-state index contributed by atoms with van der Waals surface area (Å²) >= 11 is 0. The molecule has 0 aliphatic carbocycles. The van der Waals surface area contributed by atoms with Crippen LogP contribution in [0.3, 0.4) is 0 Å². The van der Waals surface area contributed by atoms with E-state index in [1.807, 2.05) is 31.7 Å². The second-order valence-electron chi connectivity index (χ2n) is 6.47. The molecule has 1 aliphatic heterocycles. The Kier molecular flexibility index (Phi) is 4.46. The highest BCUT2D eigenvalue weighted by Gasteiger charge is 2.23. The summed E-state index contributed by atoms with van der Waals surface area (Å²) in [6.45, 7) is 10.9. The molecular formula is C18H24N4O2. The summed E-state index contributed by atoms with van der Waals surface area (Å²) in [7, 11) is 0. The maximum absolute atomic E-state index is 12.6. The van der Waals surface area contributed by atoms with Gasteiger partial charge in [0.2, 0.25) is 0 Å². The van der Waals surface area contributed by atoms with Crippen LogP contribution >= 0.6 is 0 Å². The minimum Gasteiger partial charge on any atom is -0.360 e. The SMILES string of the molecule is Cc1cc(C)c(NC(=O)N2CCN(c3cc(C)on3)CC2)c(C)c1. The van der Waals surface area contributed by atoms with Crippen LogP contribution in [-0.2, 0) is 0 Å². The third-order valence-corrected chi connectivity index (χ3v) is 4.42. The van der Waals surface area contributed by atoms with E-state index < -0.39 is 0 Å². The highest BCUT2D eigenvalue weighted by Crippen LogP contribution is 2.23. The van der Waals surface area contributed by atoms with Gasteiger partial charge in [-0.15, -0.1) is 0 Å². The number of aromatic nitrogens is 1. The number of benzene rings is 1. The largest absolute Gasteiger partial charge is 0.360 e. The predicted molar refractivity (Wildman–Crippen MR) is 94.7 cm³/mol. The smallest absolute Gasteiger partial charge is 0.321 e.